The molecule has 97 valence electrons. The van der Waals surface area contributed by atoms with Gasteiger partial charge in [-0.2, -0.15) is 0 Å². The van der Waals surface area contributed by atoms with E-state index in [1.165, 1.54) is 0 Å². The van der Waals surface area contributed by atoms with E-state index in [0.29, 0.717) is 30.6 Å². The lowest BCUT2D eigenvalue weighted by molar-refractivity contribution is -0.153. The third-order valence-corrected chi connectivity index (χ3v) is 3.82. The summed E-state index contributed by atoms with van der Waals surface area (Å²) < 4.78 is 11.5. The third-order valence-electron chi connectivity index (χ3n) is 2.59. The normalized spacial score (nSPS) is 15.7. The summed E-state index contributed by atoms with van der Waals surface area (Å²) in [4.78, 5) is 0. The molecule has 0 amide bonds. The first-order valence-corrected chi connectivity index (χ1v) is 6.75. The maximum atomic E-state index is 9.22. The van der Waals surface area contributed by atoms with Crippen molar-refractivity contribution in [2.75, 3.05) is 26.4 Å². The quantitative estimate of drug-likeness (QED) is 0.841. The van der Waals surface area contributed by atoms with Crippen molar-refractivity contribution in [2.45, 2.75) is 0 Å². The zero-order valence-corrected chi connectivity index (χ0v) is 12.7. The number of ether oxygens (including phenoxy) is 2. The number of hydrogen-bond donors (Lipinski definition) is 1. The van der Waals surface area contributed by atoms with Crippen LogP contribution in [0.25, 0.3) is 0 Å². The molecule has 0 aliphatic carbocycles. The molecule has 1 N–H and O–H groups in total. The van der Waals surface area contributed by atoms with Crippen LogP contribution in [0.2, 0.25) is 5.02 Å². The van der Waals surface area contributed by atoms with Crippen LogP contribution in [0.15, 0.2) is 22.7 Å². The van der Waals surface area contributed by atoms with E-state index in [4.69, 9.17) is 21.1 Å². The highest BCUT2D eigenvalue weighted by Gasteiger charge is 2.39. The van der Waals surface area contributed by atoms with Crippen molar-refractivity contribution in [2.24, 2.45) is 5.41 Å². The first kappa shape index (κ1) is 17.0. The van der Waals surface area contributed by atoms with Crippen LogP contribution in [0.1, 0.15) is 0 Å². The number of halogens is 2. The minimum Gasteiger partial charge on any atom is -0.493 e. The molecule has 1 saturated heterocycles. The van der Waals surface area contributed by atoms with Gasteiger partial charge in [0, 0.05) is 27.0 Å². The van der Waals surface area contributed by atoms with Crippen molar-refractivity contribution in [3.63, 3.8) is 0 Å². The fraction of sp³-hybridized carbons (Fsp3) is 0.455. The Morgan fingerprint density at radius 1 is 1.47 bits per heavy atom. The van der Waals surface area contributed by atoms with Gasteiger partial charge in [0.25, 0.3) is 0 Å². The molecule has 0 aromatic heterocycles. The average molecular weight is 340 g/mol. The summed E-state index contributed by atoms with van der Waals surface area (Å²) in [6.45, 7) is 1.63. The Hall–Kier alpha value is -0.0952. The summed E-state index contributed by atoms with van der Waals surface area (Å²) in [6.07, 6.45) is 0. The summed E-state index contributed by atoms with van der Waals surface area (Å²) in [5, 5.41) is 9.83. The molecule has 0 bridgehead atoms. The van der Waals surface area contributed by atoms with E-state index < -0.39 is 0 Å². The van der Waals surface area contributed by atoms with Crippen molar-refractivity contribution in [1.29, 1.82) is 0 Å². The second-order valence-corrected chi connectivity index (χ2v) is 5.47. The smallest absolute Gasteiger partial charge is 0.120 e. The first-order valence-electron chi connectivity index (χ1n) is 5.58. The van der Waals surface area contributed by atoms with Crippen molar-refractivity contribution in [3.05, 3.63) is 27.7 Å². The van der Waals surface area contributed by atoms with E-state index in [9.17, 15) is 5.11 Å². The summed E-state index contributed by atoms with van der Waals surface area (Å²) in [6, 6.07) is 5.41. The first-order chi connectivity index (χ1) is 9.06. The van der Waals surface area contributed by atoms with E-state index in [-0.39, 0.29) is 12.0 Å². The highest BCUT2D eigenvalue weighted by molar-refractivity contribution is 9.10. The predicted octanol–water partition coefficient (Wildman–Crippen LogP) is 1.35. The van der Waals surface area contributed by atoms with E-state index in [0.717, 1.165) is 11.5 Å². The second-order valence-electron chi connectivity index (χ2n) is 4.21. The van der Waals surface area contributed by atoms with Crippen LogP contribution in [0.4, 0.5) is 0 Å². The minimum absolute atomic E-state index is 0.0806. The van der Waals surface area contributed by atoms with E-state index in [2.05, 4.69) is 31.4 Å². The maximum Gasteiger partial charge on any atom is 0.120 e. The maximum absolute atomic E-state index is 9.22. The molecule has 1 aromatic carbocycles. The molecule has 1 fully saturated rings. The number of aliphatic hydroxyl groups excluding tert-OH is 1. The van der Waals surface area contributed by atoms with E-state index in [1.54, 1.807) is 6.07 Å². The molecule has 1 heterocycles. The Morgan fingerprint density at radius 2 is 2.11 bits per heavy atom. The lowest BCUT2D eigenvalue weighted by Gasteiger charge is -2.39. The van der Waals surface area contributed by atoms with Gasteiger partial charge < -0.3 is 14.6 Å². The lowest BCUT2D eigenvalue weighted by atomic mass is 9.40. The van der Waals surface area contributed by atoms with Crippen LogP contribution in [0.5, 0.6) is 5.75 Å². The van der Waals surface area contributed by atoms with Crippen molar-refractivity contribution < 1.29 is 14.6 Å². The molecule has 0 unspecified atom stereocenters. The minimum atomic E-state index is -0.237. The second kappa shape index (κ2) is 8.25. The average Bonchev–Trinajstić information content (AvgIpc) is 2.34. The van der Waals surface area contributed by atoms with Crippen LogP contribution in [-0.2, 0) is 4.74 Å². The standard InChI is InChI=1S/C11H12BrClO3.B3/c12-9-2-1-8(3-10(9)13)16-7-11(4-14)5-15-6-11;1-3-2/h1-3,14H,4-7H2;. The van der Waals surface area contributed by atoms with Gasteiger partial charge in [-0.05, 0) is 34.1 Å². The zero-order chi connectivity index (χ0) is 14.3. The topological polar surface area (TPSA) is 38.7 Å². The van der Waals surface area contributed by atoms with Crippen LogP contribution in [0.3, 0.4) is 0 Å². The molecule has 3 nitrogen and oxygen atoms in total. The molecule has 1 aromatic rings. The fourth-order valence-corrected chi connectivity index (χ4v) is 1.83. The van der Waals surface area contributed by atoms with Crippen molar-refractivity contribution >= 4 is 50.1 Å². The van der Waals surface area contributed by atoms with E-state index in [1.807, 2.05) is 12.1 Å². The predicted molar refractivity (Wildman–Crippen MR) is 82.2 cm³/mol. The number of hydrogen-bond acceptors (Lipinski definition) is 3. The van der Waals surface area contributed by atoms with Gasteiger partial charge in [0.2, 0.25) is 0 Å². The molecule has 1 aliphatic heterocycles. The highest BCUT2D eigenvalue weighted by atomic mass is 79.9. The largest absolute Gasteiger partial charge is 0.493 e. The summed E-state index contributed by atoms with van der Waals surface area (Å²) in [7, 11) is 10.0. The van der Waals surface area contributed by atoms with Gasteiger partial charge in [-0.25, -0.2) is 0 Å². The van der Waals surface area contributed by atoms with E-state index >= 15 is 0 Å². The molecular weight excluding hydrogens is 328 g/mol. The molecular formula is C11H12B3BrClO3. The summed E-state index contributed by atoms with van der Waals surface area (Å²) >= 11 is 9.26. The number of benzene rings is 1. The van der Waals surface area contributed by atoms with Crippen LogP contribution in [0, 0.1) is 5.41 Å². The van der Waals surface area contributed by atoms with Gasteiger partial charge in [0.05, 0.1) is 30.3 Å². The zero-order valence-electron chi connectivity index (χ0n) is 10.3. The molecule has 2 rings (SSSR count). The molecule has 0 atom stereocenters. The van der Waals surface area contributed by atoms with Gasteiger partial charge in [0.15, 0.2) is 0 Å². The highest BCUT2D eigenvalue weighted by Crippen LogP contribution is 2.30. The van der Waals surface area contributed by atoms with Gasteiger partial charge in [-0.1, -0.05) is 11.6 Å². The SMILES string of the molecule is OCC1(COc2ccc(Br)c(Cl)c2)COC1.[B][B][B]. The Morgan fingerprint density at radius 3 is 2.53 bits per heavy atom. The van der Waals surface area contributed by atoms with Crippen LogP contribution >= 0.6 is 27.5 Å². The van der Waals surface area contributed by atoms with Crippen molar-refractivity contribution in [3.8, 4) is 5.75 Å². The Balaban J connectivity index is 0.000000550. The van der Waals surface area contributed by atoms with Gasteiger partial charge in [-0.3, -0.25) is 0 Å². The lowest BCUT2D eigenvalue weighted by Crippen LogP contribution is -2.49. The van der Waals surface area contributed by atoms with Crippen molar-refractivity contribution in [1.82, 2.24) is 0 Å². The van der Waals surface area contributed by atoms with Gasteiger partial charge in [0.1, 0.15) is 12.4 Å². The molecule has 8 heteroatoms. The molecule has 19 heavy (non-hydrogen) atoms. The molecule has 0 saturated carbocycles. The fourth-order valence-electron chi connectivity index (χ4n) is 1.41. The van der Waals surface area contributed by atoms with Crippen LogP contribution in [-0.4, -0.2) is 54.1 Å². The van der Waals surface area contributed by atoms with Crippen LogP contribution < -0.4 is 4.74 Å². The van der Waals surface area contributed by atoms with Gasteiger partial charge >= 0.3 is 0 Å². The Bertz CT molecular complexity index is 399. The Kier molecular flexibility index (Phi) is 7.36. The molecule has 0 spiro atoms. The molecule has 1 aliphatic rings. The molecule has 5 radical (unpaired) electrons. The monoisotopic (exact) mass is 339 g/mol. The Labute approximate surface area is 130 Å². The summed E-state index contributed by atoms with van der Waals surface area (Å²) in [5.74, 6) is 0.702. The number of aliphatic hydroxyl groups is 1. The summed E-state index contributed by atoms with van der Waals surface area (Å²) in [5.41, 5.74) is -0.237. The third kappa shape index (κ3) is 5.06. The number of rotatable bonds is 4. The van der Waals surface area contributed by atoms with Gasteiger partial charge in [-0.15, -0.1) is 0 Å².